The summed E-state index contributed by atoms with van der Waals surface area (Å²) in [5.74, 6) is 0.161. The van der Waals surface area contributed by atoms with Gasteiger partial charge < -0.3 is 15.0 Å². The first-order valence-electron chi connectivity index (χ1n) is 9.58. The summed E-state index contributed by atoms with van der Waals surface area (Å²) in [4.78, 5) is 26.9. The summed E-state index contributed by atoms with van der Waals surface area (Å²) in [6.45, 7) is 6.35. The van der Waals surface area contributed by atoms with Crippen LogP contribution in [0.4, 0.5) is 0 Å². The van der Waals surface area contributed by atoms with Crippen LogP contribution in [0.5, 0.6) is 5.75 Å². The van der Waals surface area contributed by atoms with E-state index in [1.54, 1.807) is 11.8 Å². The monoisotopic (exact) mass is 524 g/mol. The Labute approximate surface area is 189 Å². The molecule has 1 atom stereocenters. The number of ether oxygens (including phenoxy) is 1. The molecule has 5 nitrogen and oxygen atoms in total. The largest absolute Gasteiger partial charge is 0.483 e. The van der Waals surface area contributed by atoms with Crippen molar-refractivity contribution in [2.24, 2.45) is 0 Å². The SMILES string of the molecule is CCNC(=O)[C@H](C)N(Cc1ccc(Br)cc1)C(=O)COc1ccc(CC)cc1Br. The summed E-state index contributed by atoms with van der Waals surface area (Å²) < 4.78 is 7.51. The highest BCUT2D eigenvalue weighted by Crippen LogP contribution is 2.26. The van der Waals surface area contributed by atoms with Gasteiger partial charge in [-0.05, 0) is 71.6 Å². The van der Waals surface area contributed by atoms with Crippen LogP contribution in [-0.2, 0) is 22.6 Å². The van der Waals surface area contributed by atoms with Gasteiger partial charge in [0.1, 0.15) is 11.8 Å². The highest BCUT2D eigenvalue weighted by atomic mass is 79.9. The third-order valence-corrected chi connectivity index (χ3v) is 5.69. The molecule has 0 aromatic heterocycles. The lowest BCUT2D eigenvalue weighted by atomic mass is 10.1. The van der Waals surface area contributed by atoms with E-state index in [0.717, 1.165) is 20.9 Å². The number of benzene rings is 2. The Bertz CT molecular complexity index is 840. The predicted octanol–water partition coefficient (Wildman–Crippen LogP) is 4.71. The minimum atomic E-state index is -0.611. The number of hydrogen-bond acceptors (Lipinski definition) is 3. The molecule has 0 spiro atoms. The number of halogens is 2. The van der Waals surface area contributed by atoms with Crippen molar-refractivity contribution >= 4 is 43.7 Å². The Morgan fingerprint density at radius 2 is 1.72 bits per heavy atom. The summed E-state index contributed by atoms with van der Waals surface area (Å²) in [6.07, 6.45) is 0.919. The third kappa shape index (κ3) is 6.85. The average molecular weight is 526 g/mol. The molecule has 0 aliphatic heterocycles. The number of hydrogen-bond donors (Lipinski definition) is 1. The predicted molar refractivity (Wildman–Crippen MR) is 122 cm³/mol. The van der Waals surface area contributed by atoms with Gasteiger partial charge in [0.05, 0.1) is 4.47 Å². The van der Waals surface area contributed by atoms with Gasteiger partial charge in [-0.1, -0.05) is 41.1 Å². The average Bonchev–Trinajstić information content (AvgIpc) is 2.71. The minimum absolute atomic E-state index is 0.148. The molecule has 2 aromatic rings. The zero-order valence-electron chi connectivity index (χ0n) is 16.9. The maximum atomic E-state index is 13.0. The van der Waals surface area contributed by atoms with E-state index in [-0.39, 0.29) is 18.4 Å². The van der Waals surface area contributed by atoms with Crippen molar-refractivity contribution in [3.8, 4) is 5.75 Å². The molecule has 0 aliphatic rings. The molecule has 0 saturated carbocycles. The molecule has 2 rings (SSSR count). The zero-order chi connectivity index (χ0) is 21.4. The van der Waals surface area contributed by atoms with Crippen LogP contribution in [-0.4, -0.2) is 35.9 Å². The van der Waals surface area contributed by atoms with E-state index in [1.807, 2.05) is 49.4 Å². The number of nitrogens with zero attached hydrogens (tertiary/aromatic N) is 1. The molecule has 0 fully saturated rings. The number of likely N-dealkylation sites (N-methyl/N-ethyl adjacent to an activating group) is 1. The molecule has 0 unspecified atom stereocenters. The molecular formula is C22H26Br2N2O3. The van der Waals surface area contributed by atoms with E-state index in [1.165, 1.54) is 5.56 Å². The summed E-state index contributed by atoms with van der Waals surface area (Å²) in [5, 5.41) is 2.78. The van der Waals surface area contributed by atoms with Crippen LogP contribution >= 0.6 is 31.9 Å². The number of amides is 2. The standard InChI is InChI=1S/C22H26Br2N2O3/c1-4-16-8-11-20(19(24)12-16)29-14-21(27)26(15(3)22(28)25-5-2)13-17-6-9-18(23)10-7-17/h6-12,15H,4-5,13-14H2,1-3H3,(H,25,28)/t15-/m0/s1. The van der Waals surface area contributed by atoms with Crippen molar-refractivity contribution in [3.63, 3.8) is 0 Å². The van der Waals surface area contributed by atoms with Crippen LogP contribution < -0.4 is 10.1 Å². The molecule has 2 amide bonds. The Balaban J connectivity index is 2.14. The second-order valence-electron chi connectivity index (χ2n) is 6.63. The highest BCUT2D eigenvalue weighted by molar-refractivity contribution is 9.10. The minimum Gasteiger partial charge on any atom is -0.483 e. The van der Waals surface area contributed by atoms with Crippen molar-refractivity contribution in [2.75, 3.05) is 13.2 Å². The maximum absolute atomic E-state index is 13.0. The number of rotatable bonds is 9. The Morgan fingerprint density at radius 3 is 2.31 bits per heavy atom. The van der Waals surface area contributed by atoms with Crippen molar-refractivity contribution in [1.29, 1.82) is 0 Å². The van der Waals surface area contributed by atoms with Crippen LogP contribution in [0.2, 0.25) is 0 Å². The van der Waals surface area contributed by atoms with Gasteiger partial charge in [-0.3, -0.25) is 9.59 Å². The number of nitrogens with one attached hydrogen (secondary N) is 1. The van der Waals surface area contributed by atoms with Gasteiger partial charge in [0, 0.05) is 17.6 Å². The lowest BCUT2D eigenvalue weighted by Gasteiger charge is -2.28. The lowest BCUT2D eigenvalue weighted by Crippen LogP contribution is -2.49. The highest BCUT2D eigenvalue weighted by Gasteiger charge is 2.26. The van der Waals surface area contributed by atoms with Crippen LogP contribution in [0.15, 0.2) is 51.4 Å². The normalized spacial score (nSPS) is 11.6. The van der Waals surface area contributed by atoms with Crippen LogP contribution in [0, 0.1) is 0 Å². The van der Waals surface area contributed by atoms with E-state index in [9.17, 15) is 9.59 Å². The molecule has 0 bridgehead atoms. The van der Waals surface area contributed by atoms with E-state index < -0.39 is 6.04 Å². The fraction of sp³-hybridized carbons (Fsp3) is 0.364. The molecular weight excluding hydrogens is 500 g/mol. The second-order valence-corrected chi connectivity index (χ2v) is 8.40. The molecule has 0 heterocycles. The Kier molecular flexibility index (Phi) is 9.17. The molecule has 0 saturated heterocycles. The fourth-order valence-corrected chi connectivity index (χ4v) is 3.60. The first-order valence-corrected chi connectivity index (χ1v) is 11.2. The quantitative estimate of drug-likeness (QED) is 0.516. The van der Waals surface area contributed by atoms with Gasteiger partial charge in [-0.2, -0.15) is 0 Å². The van der Waals surface area contributed by atoms with E-state index in [4.69, 9.17) is 4.74 Å². The van der Waals surface area contributed by atoms with Gasteiger partial charge in [0.15, 0.2) is 6.61 Å². The van der Waals surface area contributed by atoms with Gasteiger partial charge in [0.25, 0.3) is 5.91 Å². The molecule has 1 N–H and O–H groups in total. The molecule has 156 valence electrons. The Morgan fingerprint density at radius 1 is 1.07 bits per heavy atom. The second kappa shape index (κ2) is 11.4. The van der Waals surface area contributed by atoms with Crippen molar-refractivity contribution in [3.05, 3.63) is 62.5 Å². The van der Waals surface area contributed by atoms with Gasteiger partial charge in [-0.15, -0.1) is 0 Å². The molecule has 29 heavy (non-hydrogen) atoms. The zero-order valence-corrected chi connectivity index (χ0v) is 20.0. The van der Waals surface area contributed by atoms with Gasteiger partial charge in [-0.25, -0.2) is 0 Å². The van der Waals surface area contributed by atoms with E-state index in [0.29, 0.717) is 18.8 Å². The maximum Gasteiger partial charge on any atom is 0.261 e. The van der Waals surface area contributed by atoms with E-state index in [2.05, 4.69) is 44.1 Å². The molecule has 0 aliphatic carbocycles. The lowest BCUT2D eigenvalue weighted by molar-refractivity contribution is -0.142. The number of carbonyl (C=O) groups is 2. The van der Waals surface area contributed by atoms with E-state index >= 15 is 0 Å². The summed E-state index contributed by atoms with van der Waals surface area (Å²) >= 11 is 6.90. The first kappa shape index (κ1) is 23.4. The van der Waals surface area contributed by atoms with Crippen LogP contribution in [0.25, 0.3) is 0 Å². The fourth-order valence-electron chi connectivity index (χ4n) is 2.79. The van der Waals surface area contributed by atoms with Crippen molar-refractivity contribution < 1.29 is 14.3 Å². The summed E-state index contributed by atoms with van der Waals surface area (Å²) in [7, 11) is 0. The summed E-state index contributed by atoms with van der Waals surface area (Å²) in [6, 6.07) is 12.9. The molecule has 7 heteroatoms. The van der Waals surface area contributed by atoms with Crippen LogP contribution in [0.1, 0.15) is 31.9 Å². The molecule has 0 radical (unpaired) electrons. The van der Waals surface area contributed by atoms with Gasteiger partial charge in [0.2, 0.25) is 5.91 Å². The third-order valence-electron chi connectivity index (χ3n) is 4.54. The number of carbonyl (C=O) groups excluding carboxylic acids is 2. The van der Waals surface area contributed by atoms with Gasteiger partial charge >= 0.3 is 0 Å². The Hall–Kier alpha value is -1.86. The first-order chi connectivity index (χ1) is 13.8. The summed E-state index contributed by atoms with van der Waals surface area (Å²) in [5.41, 5.74) is 2.11. The van der Waals surface area contributed by atoms with Crippen molar-refractivity contribution in [1.82, 2.24) is 10.2 Å². The molecule has 2 aromatic carbocycles. The van der Waals surface area contributed by atoms with Crippen LogP contribution in [0.3, 0.4) is 0 Å². The topological polar surface area (TPSA) is 58.6 Å². The van der Waals surface area contributed by atoms with Crippen molar-refractivity contribution in [2.45, 2.75) is 39.8 Å². The smallest absolute Gasteiger partial charge is 0.261 e. The number of aryl methyl sites for hydroxylation is 1.